The molecule has 144 valence electrons. The summed E-state index contributed by atoms with van der Waals surface area (Å²) in [6.45, 7) is 1.90. The molecule has 1 unspecified atom stereocenters. The maximum atomic E-state index is 12.4. The second-order valence-electron chi connectivity index (χ2n) is 6.09. The van der Waals surface area contributed by atoms with Gasteiger partial charge in [-0.1, -0.05) is 19.1 Å². The van der Waals surface area contributed by atoms with Crippen molar-refractivity contribution in [1.82, 2.24) is 5.32 Å². The summed E-state index contributed by atoms with van der Waals surface area (Å²) in [5, 5.41) is 5.21. The topological polar surface area (TPSA) is 111 Å². The largest absolute Gasteiger partial charge is 0.466 e. The van der Waals surface area contributed by atoms with E-state index in [0.717, 1.165) is 11.6 Å². The number of ether oxygens (including phenoxy) is 2. The second-order valence-corrected chi connectivity index (χ2v) is 6.09. The number of piperidine rings is 1. The molecule has 1 aliphatic heterocycles. The van der Waals surface area contributed by atoms with Crippen molar-refractivity contribution >= 4 is 29.4 Å². The predicted molar refractivity (Wildman–Crippen MR) is 96.5 cm³/mol. The van der Waals surface area contributed by atoms with Gasteiger partial charge in [-0.2, -0.15) is 0 Å². The van der Waals surface area contributed by atoms with Gasteiger partial charge in [-0.3, -0.25) is 14.9 Å². The van der Waals surface area contributed by atoms with E-state index in [1.54, 1.807) is 24.3 Å². The van der Waals surface area contributed by atoms with Crippen LogP contribution in [0, 0.1) is 0 Å². The molecule has 0 spiro atoms. The zero-order valence-electron chi connectivity index (χ0n) is 15.5. The maximum absolute atomic E-state index is 12.4. The average Bonchev–Trinajstić information content (AvgIpc) is 2.68. The molecule has 27 heavy (non-hydrogen) atoms. The smallest absolute Gasteiger partial charge is 0.354 e. The van der Waals surface area contributed by atoms with Gasteiger partial charge in [0.2, 0.25) is 11.8 Å². The fraction of sp³-hybridized carbons (Fsp3) is 0.368. The van der Waals surface area contributed by atoms with Crippen LogP contribution >= 0.6 is 0 Å². The molecule has 2 amide bonds. The zero-order valence-corrected chi connectivity index (χ0v) is 15.5. The van der Waals surface area contributed by atoms with Crippen molar-refractivity contribution in [3.63, 3.8) is 0 Å². The van der Waals surface area contributed by atoms with Gasteiger partial charge in [-0.25, -0.2) is 9.59 Å². The molecule has 1 aliphatic rings. The van der Waals surface area contributed by atoms with Crippen molar-refractivity contribution in [3.8, 4) is 0 Å². The van der Waals surface area contributed by atoms with Crippen LogP contribution in [0.2, 0.25) is 0 Å². The second kappa shape index (κ2) is 8.48. The third kappa shape index (κ3) is 4.33. The number of rotatable bonds is 6. The minimum atomic E-state index is -0.764. The summed E-state index contributed by atoms with van der Waals surface area (Å²) in [5.41, 5.74) is 0.456. The first-order chi connectivity index (χ1) is 12.9. The molecule has 0 aliphatic carbocycles. The van der Waals surface area contributed by atoms with E-state index in [9.17, 15) is 19.2 Å². The Morgan fingerprint density at radius 2 is 1.85 bits per heavy atom. The van der Waals surface area contributed by atoms with E-state index in [-0.39, 0.29) is 23.9 Å². The molecule has 2 N–H and O–H groups in total. The highest BCUT2D eigenvalue weighted by molar-refractivity contribution is 6.03. The maximum Gasteiger partial charge on any atom is 0.354 e. The summed E-state index contributed by atoms with van der Waals surface area (Å²) in [7, 11) is 2.40. The summed E-state index contributed by atoms with van der Waals surface area (Å²) in [5.74, 6) is -1.99. The number of benzene rings is 1. The fourth-order valence-electron chi connectivity index (χ4n) is 3.03. The van der Waals surface area contributed by atoms with Crippen molar-refractivity contribution < 1.29 is 28.7 Å². The van der Waals surface area contributed by atoms with E-state index in [4.69, 9.17) is 0 Å². The summed E-state index contributed by atoms with van der Waals surface area (Å²) in [6.07, 6.45) is 2.27. The molecule has 0 aromatic heterocycles. The summed E-state index contributed by atoms with van der Waals surface area (Å²) in [4.78, 5) is 47.1. The highest BCUT2D eigenvalue weighted by Crippen LogP contribution is 2.36. The third-order valence-electron chi connectivity index (χ3n) is 4.66. The Bertz CT molecular complexity index is 784. The van der Waals surface area contributed by atoms with E-state index in [1.807, 2.05) is 6.92 Å². The zero-order chi connectivity index (χ0) is 20.0. The standard InChI is InChI=1S/C19H22N2O6/c1-4-19(10-9-15(22)21-18(19)25)12-5-7-13(8-6-12)20-14(17(24)27-3)11-16(23)26-2/h5-8,11,20H,4,9-10H2,1-3H3,(H,21,22,25)/b14-11+. The predicted octanol–water partition coefficient (Wildman–Crippen LogP) is 1.41. The Morgan fingerprint density at radius 3 is 2.37 bits per heavy atom. The Labute approximate surface area is 156 Å². The van der Waals surface area contributed by atoms with E-state index in [1.165, 1.54) is 14.2 Å². The van der Waals surface area contributed by atoms with E-state index in [2.05, 4.69) is 20.1 Å². The number of esters is 2. The molecule has 0 saturated carbocycles. The van der Waals surface area contributed by atoms with Crippen LogP contribution in [0.4, 0.5) is 5.69 Å². The van der Waals surface area contributed by atoms with Crippen LogP contribution in [-0.4, -0.2) is 38.0 Å². The molecular weight excluding hydrogens is 352 g/mol. The molecule has 8 nitrogen and oxygen atoms in total. The molecule has 0 radical (unpaired) electrons. The molecular formula is C19H22N2O6. The van der Waals surface area contributed by atoms with Gasteiger partial charge in [0.05, 0.1) is 25.7 Å². The Morgan fingerprint density at radius 1 is 1.19 bits per heavy atom. The monoisotopic (exact) mass is 374 g/mol. The lowest BCUT2D eigenvalue weighted by atomic mass is 9.72. The molecule has 8 heteroatoms. The van der Waals surface area contributed by atoms with Crippen LogP contribution in [0.5, 0.6) is 0 Å². The lowest BCUT2D eigenvalue weighted by Gasteiger charge is -2.35. The van der Waals surface area contributed by atoms with Crippen LogP contribution in [0.25, 0.3) is 0 Å². The Hall–Kier alpha value is -3.16. The third-order valence-corrected chi connectivity index (χ3v) is 4.66. The van der Waals surface area contributed by atoms with Crippen LogP contribution < -0.4 is 10.6 Å². The van der Waals surface area contributed by atoms with Gasteiger partial charge < -0.3 is 14.8 Å². The number of hydrogen-bond acceptors (Lipinski definition) is 7. The van der Waals surface area contributed by atoms with Gasteiger partial charge in [0.15, 0.2) is 0 Å². The number of carbonyl (C=O) groups is 4. The van der Waals surface area contributed by atoms with E-state index in [0.29, 0.717) is 18.5 Å². The number of methoxy groups -OCH3 is 2. The van der Waals surface area contributed by atoms with Gasteiger partial charge >= 0.3 is 11.9 Å². The molecule has 1 aromatic carbocycles. The molecule has 2 rings (SSSR count). The quantitative estimate of drug-likeness (QED) is 0.440. The Kier molecular flexibility index (Phi) is 6.33. The van der Waals surface area contributed by atoms with Crippen molar-refractivity contribution in [1.29, 1.82) is 0 Å². The number of anilines is 1. The van der Waals surface area contributed by atoms with Crippen LogP contribution in [0.1, 0.15) is 31.7 Å². The molecule has 1 atom stereocenters. The van der Waals surface area contributed by atoms with Crippen LogP contribution in [0.15, 0.2) is 36.0 Å². The van der Waals surface area contributed by atoms with Crippen LogP contribution in [0.3, 0.4) is 0 Å². The molecule has 1 saturated heterocycles. The molecule has 1 fully saturated rings. The van der Waals surface area contributed by atoms with Gasteiger partial charge in [0.25, 0.3) is 0 Å². The summed E-state index contributed by atoms with van der Waals surface area (Å²) < 4.78 is 9.17. The number of amides is 2. The van der Waals surface area contributed by atoms with Crippen molar-refractivity contribution in [2.24, 2.45) is 0 Å². The average molecular weight is 374 g/mol. The minimum Gasteiger partial charge on any atom is -0.466 e. The number of imide groups is 1. The lowest BCUT2D eigenvalue weighted by molar-refractivity contribution is -0.138. The lowest BCUT2D eigenvalue weighted by Crippen LogP contribution is -2.51. The van der Waals surface area contributed by atoms with Gasteiger partial charge in [0.1, 0.15) is 5.70 Å². The van der Waals surface area contributed by atoms with Crippen molar-refractivity contribution in [2.75, 3.05) is 19.5 Å². The van der Waals surface area contributed by atoms with Gasteiger partial charge in [0, 0.05) is 12.1 Å². The first kappa shape index (κ1) is 20.2. The van der Waals surface area contributed by atoms with Crippen LogP contribution in [-0.2, 0) is 34.1 Å². The minimum absolute atomic E-state index is 0.0803. The summed E-state index contributed by atoms with van der Waals surface area (Å²) >= 11 is 0. The highest BCUT2D eigenvalue weighted by Gasteiger charge is 2.42. The van der Waals surface area contributed by atoms with Gasteiger partial charge in [-0.05, 0) is 30.5 Å². The first-order valence-corrected chi connectivity index (χ1v) is 8.46. The van der Waals surface area contributed by atoms with Gasteiger partial charge in [-0.15, -0.1) is 0 Å². The Balaban J connectivity index is 2.26. The molecule has 0 bridgehead atoms. The first-order valence-electron chi connectivity index (χ1n) is 8.46. The number of carbonyl (C=O) groups excluding carboxylic acids is 4. The SMILES string of the molecule is CCC1(c2ccc(N/C(=C/C(=O)OC)C(=O)OC)cc2)CCC(=O)NC1=O. The molecule has 1 heterocycles. The number of hydrogen-bond donors (Lipinski definition) is 2. The highest BCUT2D eigenvalue weighted by atomic mass is 16.5. The number of nitrogens with one attached hydrogen (secondary N) is 2. The van der Waals surface area contributed by atoms with E-state index < -0.39 is 17.4 Å². The van der Waals surface area contributed by atoms with Crippen molar-refractivity contribution in [3.05, 3.63) is 41.6 Å². The van der Waals surface area contributed by atoms with E-state index >= 15 is 0 Å². The fourth-order valence-corrected chi connectivity index (χ4v) is 3.03. The normalized spacial score (nSPS) is 19.9. The molecule has 1 aromatic rings. The summed E-state index contributed by atoms with van der Waals surface area (Å²) in [6, 6.07) is 6.89. The van der Waals surface area contributed by atoms with Crippen molar-refractivity contribution in [2.45, 2.75) is 31.6 Å².